The minimum Gasteiger partial charge on any atom is -0.309 e. The molecule has 0 saturated heterocycles. The number of fused-ring (bicyclic) bond motifs is 10. The maximum atomic E-state index is 15.4. The Bertz CT molecular complexity index is 1680. The quantitative estimate of drug-likeness (QED) is 0.223. The maximum Gasteiger partial charge on any atom is 0.172 e. The average molecular weight is 454 g/mol. The van der Waals surface area contributed by atoms with E-state index in [0.29, 0.717) is 0 Å². The fraction of sp³-hybridized carbons (Fsp3) is 0. The first-order chi connectivity index (χ1) is 16.8. The van der Waals surface area contributed by atoms with E-state index in [1.807, 2.05) is 60.9 Å². The van der Waals surface area contributed by atoms with Gasteiger partial charge in [0, 0.05) is 46.1 Å². The lowest BCUT2D eigenvalue weighted by atomic mass is 9.86. The molecule has 0 aliphatic carbocycles. The fourth-order valence-corrected chi connectivity index (χ4v) is 8.49. The lowest BCUT2D eigenvalue weighted by Crippen LogP contribution is -2.26. The predicted octanol–water partition coefficient (Wildman–Crippen LogP) is 6.07. The molecule has 2 aromatic heterocycles. The van der Waals surface area contributed by atoms with Crippen molar-refractivity contribution in [2.24, 2.45) is 0 Å². The highest BCUT2D eigenvalue weighted by Gasteiger charge is 2.38. The minimum atomic E-state index is -3.18. The van der Waals surface area contributed by atoms with Crippen molar-refractivity contribution in [3.63, 3.8) is 0 Å². The van der Waals surface area contributed by atoms with Gasteiger partial charge in [0.05, 0.1) is 0 Å². The number of rotatable bonds is 1. The zero-order valence-corrected chi connectivity index (χ0v) is 19.1. The van der Waals surface area contributed by atoms with Gasteiger partial charge in [-0.3, -0.25) is 9.97 Å². The largest absolute Gasteiger partial charge is 0.309 e. The van der Waals surface area contributed by atoms with Gasteiger partial charge >= 0.3 is 0 Å². The molecule has 1 atom stereocenters. The summed E-state index contributed by atoms with van der Waals surface area (Å²) in [5.74, 6) is 0. The van der Waals surface area contributed by atoms with Crippen LogP contribution in [0.2, 0.25) is 0 Å². The number of hydrogen-bond acceptors (Lipinski definition) is 3. The maximum absolute atomic E-state index is 15.4. The van der Waals surface area contributed by atoms with Gasteiger partial charge in [-0.05, 0) is 56.6 Å². The van der Waals surface area contributed by atoms with Crippen LogP contribution in [-0.4, -0.2) is 9.97 Å². The molecule has 0 spiro atoms. The van der Waals surface area contributed by atoms with E-state index in [0.717, 1.165) is 59.7 Å². The Morgan fingerprint density at radius 3 is 1.71 bits per heavy atom. The Kier molecular flexibility index (Phi) is 4.12. The summed E-state index contributed by atoms with van der Waals surface area (Å²) in [6, 6.07) is 30.7. The van der Waals surface area contributed by atoms with Crippen molar-refractivity contribution in [3.05, 3.63) is 116 Å². The van der Waals surface area contributed by atoms with Crippen LogP contribution in [0, 0.1) is 0 Å². The van der Waals surface area contributed by atoms with Crippen molar-refractivity contribution in [2.75, 3.05) is 0 Å². The Morgan fingerprint density at radius 1 is 0.500 bits per heavy atom. The molecule has 0 bridgehead atoms. The predicted molar refractivity (Wildman–Crippen MR) is 141 cm³/mol. The van der Waals surface area contributed by atoms with Gasteiger partial charge in [0.25, 0.3) is 0 Å². The van der Waals surface area contributed by atoms with E-state index >= 15 is 4.57 Å². The van der Waals surface area contributed by atoms with Crippen LogP contribution in [0.25, 0.3) is 43.8 Å². The minimum absolute atomic E-state index is 0.797. The third kappa shape index (κ3) is 2.50. The molecular formula is C30H19N2OP. The summed E-state index contributed by atoms with van der Waals surface area (Å²) >= 11 is 0. The summed E-state index contributed by atoms with van der Waals surface area (Å²) in [6.07, 6.45) is 7.25. The van der Waals surface area contributed by atoms with Gasteiger partial charge in [-0.15, -0.1) is 0 Å². The first-order valence-electron chi connectivity index (χ1n) is 11.3. The molecule has 3 nitrogen and oxygen atoms in total. The SMILES string of the molecule is O=P1(c2ccncc2)c2ccccc2-c2c(c3ccncc3c3ccccc23)-c2ccccc21. The summed E-state index contributed by atoms with van der Waals surface area (Å²) in [7, 11) is -3.18. The van der Waals surface area contributed by atoms with E-state index in [9.17, 15) is 0 Å². The molecule has 6 aromatic rings. The van der Waals surface area contributed by atoms with Crippen molar-refractivity contribution in [1.29, 1.82) is 0 Å². The van der Waals surface area contributed by atoms with Crippen LogP contribution in [0.3, 0.4) is 0 Å². The van der Waals surface area contributed by atoms with Crippen LogP contribution in [0.15, 0.2) is 116 Å². The second-order valence-electron chi connectivity index (χ2n) is 8.57. The number of nitrogens with zero attached hydrogens (tertiary/aromatic N) is 2. The topological polar surface area (TPSA) is 42.9 Å². The molecule has 3 heterocycles. The number of pyridine rings is 2. The monoisotopic (exact) mass is 454 g/mol. The van der Waals surface area contributed by atoms with Crippen LogP contribution < -0.4 is 15.9 Å². The highest BCUT2D eigenvalue weighted by Crippen LogP contribution is 2.54. The van der Waals surface area contributed by atoms with Gasteiger partial charge in [-0.2, -0.15) is 0 Å². The van der Waals surface area contributed by atoms with Crippen LogP contribution in [-0.2, 0) is 4.57 Å². The molecule has 7 rings (SSSR count). The molecule has 4 aromatic carbocycles. The van der Waals surface area contributed by atoms with Gasteiger partial charge in [0.15, 0.2) is 7.14 Å². The Balaban J connectivity index is 1.80. The lowest BCUT2D eigenvalue weighted by Gasteiger charge is -2.21. The van der Waals surface area contributed by atoms with Crippen LogP contribution in [0.1, 0.15) is 0 Å². The van der Waals surface area contributed by atoms with Gasteiger partial charge in [0.1, 0.15) is 0 Å². The molecule has 1 unspecified atom stereocenters. The molecule has 1 aliphatic rings. The lowest BCUT2D eigenvalue weighted by molar-refractivity contribution is 0.592. The van der Waals surface area contributed by atoms with Crippen LogP contribution in [0.4, 0.5) is 0 Å². The second kappa shape index (κ2) is 7.21. The summed E-state index contributed by atoms with van der Waals surface area (Å²) in [6.45, 7) is 0. The Hall–Kier alpha value is -4.07. The highest BCUT2D eigenvalue weighted by atomic mass is 31.2. The summed E-state index contributed by atoms with van der Waals surface area (Å²) in [5.41, 5.74) is 4.27. The summed E-state index contributed by atoms with van der Waals surface area (Å²) < 4.78 is 15.4. The van der Waals surface area contributed by atoms with E-state index in [2.05, 4.69) is 52.4 Å². The van der Waals surface area contributed by atoms with Crippen LogP contribution in [0.5, 0.6) is 0 Å². The molecular weight excluding hydrogens is 435 g/mol. The van der Waals surface area contributed by atoms with Crippen molar-refractivity contribution >= 4 is 44.6 Å². The van der Waals surface area contributed by atoms with Crippen molar-refractivity contribution in [3.8, 4) is 22.3 Å². The van der Waals surface area contributed by atoms with E-state index in [1.54, 1.807) is 12.4 Å². The zero-order chi connectivity index (χ0) is 22.7. The summed E-state index contributed by atoms with van der Waals surface area (Å²) in [4.78, 5) is 8.65. The molecule has 0 fully saturated rings. The molecule has 0 N–H and O–H groups in total. The standard InChI is InChI=1S/C30H19N2OP/c33-34(20-13-16-31-17-14-20)27-11-5-3-9-24(27)29-22-8-2-1-7-21(22)26-19-32-18-15-23(26)30(29)25-10-4-6-12-28(25)34/h1-19H. The first kappa shape index (κ1) is 19.4. The van der Waals surface area contributed by atoms with Crippen molar-refractivity contribution in [2.45, 2.75) is 0 Å². The molecule has 4 heteroatoms. The third-order valence-corrected chi connectivity index (χ3v) is 10.0. The van der Waals surface area contributed by atoms with Gasteiger partial charge < -0.3 is 4.57 Å². The van der Waals surface area contributed by atoms with Gasteiger partial charge in [0.2, 0.25) is 0 Å². The molecule has 0 saturated carbocycles. The highest BCUT2D eigenvalue weighted by molar-refractivity contribution is 7.85. The van der Waals surface area contributed by atoms with Crippen LogP contribution >= 0.6 is 7.14 Å². The smallest absolute Gasteiger partial charge is 0.172 e. The third-order valence-electron chi connectivity index (χ3n) is 6.88. The second-order valence-corrected chi connectivity index (χ2v) is 11.3. The Morgan fingerprint density at radius 2 is 1.03 bits per heavy atom. The van der Waals surface area contributed by atoms with E-state index < -0.39 is 7.14 Å². The molecule has 0 amide bonds. The van der Waals surface area contributed by atoms with Crippen molar-refractivity contribution < 1.29 is 4.57 Å². The summed E-state index contributed by atoms with van der Waals surface area (Å²) in [5, 5.41) is 7.04. The zero-order valence-electron chi connectivity index (χ0n) is 18.2. The number of hydrogen-bond donors (Lipinski definition) is 0. The van der Waals surface area contributed by atoms with Crippen molar-refractivity contribution in [1.82, 2.24) is 9.97 Å². The Labute approximate surface area is 197 Å². The molecule has 34 heavy (non-hydrogen) atoms. The number of aromatic nitrogens is 2. The normalized spacial score (nSPS) is 16.5. The van der Waals surface area contributed by atoms with E-state index in [1.165, 1.54) is 0 Å². The number of benzene rings is 4. The fourth-order valence-electron chi connectivity index (χ4n) is 5.47. The molecule has 0 radical (unpaired) electrons. The van der Waals surface area contributed by atoms with E-state index in [-0.39, 0.29) is 0 Å². The van der Waals surface area contributed by atoms with E-state index in [4.69, 9.17) is 0 Å². The first-order valence-corrected chi connectivity index (χ1v) is 13.0. The van der Waals surface area contributed by atoms with Gasteiger partial charge in [-0.25, -0.2) is 0 Å². The average Bonchev–Trinajstić information content (AvgIpc) is 3.02. The molecule has 1 aliphatic heterocycles. The molecule has 160 valence electrons. The van der Waals surface area contributed by atoms with Gasteiger partial charge in [-0.1, -0.05) is 72.8 Å².